The Morgan fingerprint density at radius 1 is 0.800 bits per heavy atom. The molecule has 0 radical (unpaired) electrons. The maximum Gasteiger partial charge on any atom is 0.416 e. The lowest BCUT2D eigenvalue weighted by molar-refractivity contribution is -0.137. The Balaban J connectivity index is 2.16. The SMILES string of the molecule is COc1ccc(C#Cc2ccc(C(F)(F)F)cc2)cc1. The molecule has 0 fully saturated rings. The summed E-state index contributed by atoms with van der Waals surface area (Å²) in [5, 5.41) is 0. The monoisotopic (exact) mass is 276 g/mol. The van der Waals surface area contributed by atoms with E-state index in [-0.39, 0.29) is 0 Å². The minimum absolute atomic E-state index is 0.536. The van der Waals surface area contributed by atoms with Gasteiger partial charge in [0, 0.05) is 11.1 Å². The number of hydrogen-bond acceptors (Lipinski definition) is 1. The van der Waals surface area contributed by atoms with Crippen LogP contribution in [0.2, 0.25) is 0 Å². The van der Waals surface area contributed by atoms with Gasteiger partial charge in [0.05, 0.1) is 12.7 Å². The van der Waals surface area contributed by atoms with Crippen molar-refractivity contribution in [1.82, 2.24) is 0 Å². The van der Waals surface area contributed by atoms with Crippen molar-refractivity contribution in [2.45, 2.75) is 6.18 Å². The number of hydrogen-bond donors (Lipinski definition) is 0. The van der Waals surface area contributed by atoms with Crippen LogP contribution >= 0.6 is 0 Å². The molecule has 0 aliphatic heterocycles. The molecule has 0 saturated heterocycles. The fourth-order valence-electron chi connectivity index (χ4n) is 1.56. The van der Waals surface area contributed by atoms with Gasteiger partial charge < -0.3 is 4.74 Å². The third kappa shape index (κ3) is 3.55. The smallest absolute Gasteiger partial charge is 0.416 e. The van der Waals surface area contributed by atoms with Crippen molar-refractivity contribution in [3.8, 4) is 17.6 Å². The number of methoxy groups -OCH3 is 1. The van der Waals surface area contributed by atoms with Crippen molar-refractivity contribution < 1.29 is 17.9 Å². The van der Waals surface area contributed by atoms with Crippen molar-refractivity contribution >= 4 is 0 Å². The lowest BCUT2D eigenvalue weighted by Gasteiger charge is -2.05. The van der Waals surface area contributed by atoms with E-state index < -0.39 is 11.7 Å². The Labute approximate surface area is 115 Å². The number of alkyl halides is 3. The zero-order chi connectivity index (χ0) is 14.6. The van der Waals surface area contributed by atoms with Crippen molar-refractivity contribution in [2.75, 3.05) is 7.11 Å². The summed E-state index contributed by atoms with van der Waals surface area (Å²) in [4.78, 5) is 0. The summed E-state index contributed by atoms with van der Waals surface area (Å²) in [6.45, 7) is 0. The first-order valence-electron chi connectivity index (χ1n) is 5.82. The van der Waals surface area contributed by atoms with Crippen molar-refractivity contribution in [3.05, 3.63) is 65.2 Å². The van der Waals surface area contributed by atoms with Crippen LogP contribution in [-0.4, -0.2) is 7.11 Å². The quantitative estimate of drug-likeness (QED) is 0.712. The first kappa shape index (κ1) is 14.0. The summed E-state index contributed by atoms with van der Waals surface area (Å²) in [5.74, 6) is 6.43. The van der Waals surface area contributed by atoms with E-state index in [9.17, 15) is 13.2 Å². The second kappa shape index (κ2) is 5.70. The summed E-state index contributed by atoms with van der Waals surface area (Å²) >= 11 is 0. The normalized spacial score (nSPS) is 10.6. The van der Waals surface area contributed by atoms with Gasteiger partial charge in [0.2, 0.25) is 0 Å². The van der Waals surface area contributed by atoms with Gasteiger partial charge in [-0.25, -0.2) is 0 Å². The van der Waals surface area contributed by atoms with Crippen LogP contribution in [0.25, 0.3) is 0 Å². The van der Waals surface area contributed by atoms with E-state index in [1.165, 1.54) is 12.1 Å². The molecule has 0 amide bonds. The van der Waals surface area contributed by atoms with Gasteiger partial charge >= 0.3 is 6.18 Å². The van der Waals surface area contributed by atoms with Gasteiger partial charge in [-0.2, -0.15) is 13.2 Å². The summed E-state index contributed by atoms with van der Waals surface area (Å²) in [7, 11) is 1.57. The van der Waals surface area contributed by atoms with E-state index in [1.54, 1.807) is 31.4 Å². The topological polar surface area (TPSA) is 9.23 Å². The molecule has 4 heteroatoms. The molecule has 20 heavy (non-hydrogen) atoms. The summed E-state index contributed by atoms with van der Waals surface area (Å²) < 4.78 is 42.2. The third-order valence-corrected chi connectivity index (χ3v) is 2.65. The predicted octanol–water partition coefficient (Wildman–Crippen LogP) is 4.11. The largest absolute Gasteiger partial charge is 0.497 e. The minimum atomic E-state index is -4.32. The van der Waals surface area contributed by atoms with Gasteiger partial charge in [0.25, 0.3) is 0 Å². The molecule has 0 N–H and O–H groups in total. The highest BCUT2D eigenvalue weighted by atomic mass is 19.4. The summed E-state index contributed by atoms with van der Waals surface area (Å²) in [6.07, 6.45) is -4.32. The van der Waals surface area contributed by atoms with Crippen LogP contribution in [0.1, 0.15) is 16.7 Å². The van der Waals surface area contributed by atoms with Gasteiger partial charge in [-0.05, 0) is 48.5 Å². The summed E-state index contributed by atoms with van der Waals surface area (Å²) in [6, 6.07) is 11.9. The molecule has 0 aromatic heterocycles. The van der Waals surface area contributed by atoms with Crippen molar-refractivity contribution in [3.63, 3.8) is 0 Å². The van der Waals surface area contributed by atoms with Crippen molar-refractivity contribution in [1.29, 1.82) is 0 Å². The van der Waals surface area contributed by atoms with Crippen LogP contribution in [0.15, 0.2) is 48.5 Å². The highest BCUT2D eigenvalue weighted by Crippen LogP contribution is 2.28. The second-order valence-electron chi connectivity index (χ2n) is 4.05. The van der Waals surface area contributed by atoms with E-state index in [1.807, 2.05) is 0 Å². The average Bonchev–Trinajstić information content (AvgIpc) is 2.45. The molecule has 2 aromatic carbocycles. The Morgan fingerprint density at radius 2 is 1.25 bits per heavy atom. The standard InChI is InChI=1S/C16H11F3O/c1-20-15-10-6-13(7-11-15)3-2-12-4-8-14(9-5-12)16(17,18)19/h4-11H,1H3. The second-order valence-corrected chi connectivity index (χ2v) is 4.05. The zero-order valence-electron chi connectivity index (χ0n) is 10.7. The fourth-order valence-corrected chi connectivity index (χ4v) is 1.56. The third-order valence-electron chi connectivity index (χ3n) is 2.65. The highest BCUT2D eigenvalue weighted by Gasteiger charge is 2.29. The van der Waals surface area contributed by atoms with Crippen molar-refractivity contribution in [2.24, 2.45) is 0 Å². The molecule has 0 heterocycles. The molecular formula is C16H11F3O. The molecule has 0 unspecified atom stereocenters. The first-order chi connectivity index (χ1) is 9.49. The molecule has 0 bridgehead atoms. The Kier molecular flexibility index (Phi) is 3.99. The Hall–Kier alpha value is -2.41. The average molecular weight is 276 g/mol. The molecular weight excluding hydrogens is 265 g/mol. The Bertz CT molecular complexity index is 629. The van der Waals surface area contributed by atoms with E-state index in [0.717, 1.165) is 23.4 Å². The molecule has 0 saturated carbocycles. The van der Waals surface area contributed by atoms with Gasteiger partial charge in [0.15, 0.2) is 0 Å². The van der Waals surface area contributed by atoms with Gasteiger partial charge in [-0.1, -0.05) is 11.8 Å². The molecule has 0 aliphatic carbocycles. The zero-order valence-corrected chi connectivity index (χ0v) is 10.7. The van der Waals surface area contributed by atoms with Crippen LogP contribution in [0.3, 0.4) is 0 Å². The molecule has 2 aromatic rings. The van der Waals surface area contributed by atoms with Gasteiger partial charge in [-0.15, -0.1) is 0 Å². The van der Waals surface area contributed by atoms with Crippen LogP contribution < -0.4 is 4.74 Å². The predicted molar refractivity (Wildman–Crippen MR) is 70.4 cm³/mol. The van der Waals surface area contributed by atoms with Crippen LogP contribution in [0, 0.1) is 11.8 Å². The molecule has 0 atom stereocenters. The molecule has 0 spiro atoms. The number of rotatable bonds is 1. The lowest BCUT2D eigenvalue weighted by atomic mass is 10.1. The van der Waals surface area contributed by atoms with E-state index in [0.29, 0.717) is 5.56 Å². The van der Waals surface area contributed by atoms with Crippen LogP contribution in [-0.2, 0) is 6.18 Å². The molecule has 2 rings (SSSR count). The first-order valence-corrected chi connectivity index (χ1v) is 5.82. The lowest BCUT2D eigenvalue weighted by Crippen LogP contribution is -2.04. The minimum Gasteiger partial charge on any atom is -0.497 e. The number of halogens is 3. The van der Waals surface area contributed by atoms with E-state index in [4.69, 9.17) is 4.74 Å². The van der Waals surface area contributed by atoms with Crippen LogP contribution in [0.4, 0.5) is 13.2 Å². The maximum atomic E-state index is 12.4. The van der Waals surface area contributed by atoms with E-state index in [2.05, 4.69) is 11.8 Å². The fraction of sp³-hybridized carbons (Fsp3) is 0.125. The van der Waals surface area contributed by atoms with E-state index >= 15 is 0 Å². The number of ether oxygens (including phenoxy) is 1. The van der Waals surface area contributed by atoms with Crippen LogP contribution in [0.5, 0.6) is 5.75 Å². The maximum absolute atomic E-state index is 12.4. The Morgan fingerprint density at radius 3 is 1.65 bits per heavy atom. The molecule has 1 nitrogen and oxygen atoms in total. The summed E-state index contributed by atoms with van der Waals surface area (Å²) in [5.41, 5.74) is 0.631. The highest BCUT2D eigenvalue weighted by molar-refractivity contribution is 5.45. The van der Waals surface area contributed by atoms with Gasteiger partial charge in [-0.3, -0.25) is 0 Å². The number of benzene rings is 2. The van der Waals surface area contributed by atoms with Gasteiger partial charge in [0.1, 0.15) is 5.75 Å². The molecule has 0 aliphatic rings. The molecule has 102 valence electrons.